The Hall–Kier alpha value is -1.95. The van der Waals surface area contributed by atoms with Gasteiger partial charge in [-0.05, 0) is 31.5 Å². The standard InChI is InChI=1S/C13H14FN3O2/c1-18-11-8(4-2-5-9(11)14)12-16-13(19-17-12)10-6-3-7-15-10/h2,4-5,10,15H,3,6-7H2,1H3/t10-/m0/s1. The fourth-order valence-corrected chi connectivity index (χ4v) is 2.27. The molecule has 0 amide bonds. The molecule has 1 aliphatic heterocycles. The van der Waals surface area contributed by atoms with Crippen molar-refractivity contribution in [3.05, 3.63) is 29.9 Å². The molecule has 1 aliphatic rings. The minimum atomic E-state index is -0.439. The first-order valence-corrected chi connectivity index (χ1v) is 6.19. The first-order valence-electron chi connectivity index (χ1n) is 6.19. The number of halogens is 1. The van der Waals surface area contributed by atoms with E-state index >= 15 is 0 Å². The van der Waals surface area contributed by atoms with Gasteiger partial charge >= 0.3 is 0 Å². The number of nitrogens with zero attached hydrogens (tertiary/aromatic N) is 2. The Labute approximate surface area is 109 Å². The molecule has 6 heteroatoms. The normalized spacial score (nSPS) is 18.7. The van der Waals surface area contributed by atoms with E-state index in [1.165, 1.54) is 13.2 Å². The van der Waals surface area contributed by atoms with Crippen LogP contribution in [-0.4, -0.2) is 23.8 Å². The number of aromatic nitrogens is 2. The molecule has 1 fully saturated rings. The van der Waals surface area contributed by atoms with Gasteiger partial charge in [0.15, 0.2) is 11.6 Å². The maximum Gasteiger partial charge on any atom is 0.244 e. The van der Waals surface area contributed by atoms with Gasteiger partial charge in [0, 0.05) is 0 Å². The zero-order chi connectivity index (χ0) is 13.2. The maximum atomic E-state index is 13.6. The van der Waals surface area contributed by atoms with Gasteiger partial charge in [-0.3, -0.25) is 0 Å². The fourth-order valence-electron chi connectivity index (χ4n) is 2.27. The third-order valence-electron chi connectivity index (χ3n) is 3.21. The molecule has 1 saturated heterocycles. The van der Waals surface area contributed by atoms with Crippen LogP contribution in [0.5, 0.6) is 5.75 Å². The van der Waals surface area contributed by atoms with Crippen molar-refractivity contribution in [2.45, 2.75) is 18.9 Å². The summed E-state index contributed by atoms with van der Waals surface area (Å²) >= 11 is 0. The zero-order valence-corrected chi connectivity index (χ0v) is 10.5. The van der Waals surface area contributed by atoms with Crippen LogP contribution in [0.1, 0.15) is 24.8 Å². The average Bonchev–Trinajstić information content (AvgIpc) is 3.09. The first-order chi connectivity index (χ1) is 9.29. The van der Waals surface area contributed by atoms with Crippen molar-refractivity contribution in [3.63, 3.8) is 0 Å². The van der Waals surface area contributed by atoms with Gasteiger partial charge < -0.3 is 14.6 Å². The van der Waals surface area contributed by atoms with Crippen LogP contribution >= 0.6 is 0 Å². The van der Waals surface area contributed by atoms with E-state index in [-0.39, 0.29) is 11.8 Å². The van der Waals surface area contributed by atoms with Gasteiger partial charge in [0.2, 0.25) is 11.7 Å². The summed E-state index contributed by atoms with van der Waals surface area (Å²) in [6, 6.07) is 4.73. The molecule has 2 aromatic rings. The molecule has 19 heavy (non-hydrogen) atoms. The van der Waals surface area contributed by atoms with Crippen molar-refractivity contribution in [2.75, 3.05) is 13.7 Å². The molecule has 1 aromatic carbocycles. The van der Waals surface area contributed by atoms with Crippen LogP contribution in [0.15, 0.2) is 22.7 Å². The van der Waals surface area contributed by atoms with Crippen molar-refractivity contribution in [1.82, 2.24) is 15.5 Å². The highest BCUT2D eigenvalue weighted by molar-refractivity contribution is 5.63. The largest absolute Gasteiger partial charge is 0.493 e. The Bertz CT molecular complexity index is 579. The van der Waals surface area contributed by atoms with Crippen molar-refractivity contribution in [1.29, 1.82) is 0 Å². The lowest BCUT2D eigenvalue weighted by Gasteiger charge is -2.05. The molecule has 100 valence electrons. The summed E-state index contributed by atoms with van der Waals surface area (Å²) in [5, 5.41) is 7.18. The number of nitrogens with one attached hydrogen (secondary N) is 1. The number of hydrogen-bond donors (Lipinski definition) is 1. The highest BCUT2D eigenvalue weighted by Crippen LogP contribution is 2.31. The Balaban J connectivity index is 1.96. The Morgan fingerprint density at radius 3 is 3.11 bits per heavy atom. The monoisotopic (exact) mass is 263 g/mol. The lowest BCUT2D eigenvalue weighted by atomic mass is 10.2. The van der Waals surface area contributed by atoms with Crippen molar-refractivity contribution >= 4 is 0 Å². The van der Waals surface area contributed by atoms with Crippen LogP contribution in [0.25, 0.3) is 11.4 Å². The molecule has 0 radical (unpaired) electrons. The quantitative estimate of drug-likeness (QED) is 0.920. The van der Waals surface area contributed by atoms with Gasteiger partial charge in [-0.25, -0.2) is 4.39 Å². The lowest BCUT2D eigenvalue weighted by molar-refractivity contribution is 0.344. The molecule has 0 bridgehead atoms. The first kappa shape index (κ1) is 12.1. The van der Waals surface area contributed by atoms with Gasteiger partial charge in [-0.2, -0.15) is 4.98 Å². The SMILES string of the molecule is COc1c(F)cccc1-c1noc([C@@H]2CCCN2)n1. The summed E-state index contributed by atoms with van der Waals surface area (Å²) in [6.07, 6.45) is 2.06. The number of hydrogen-bond acceptors (Lipinski definition) is 5. The summed E-state index contributed by atoms with van der Waals surface area (Å²) in [6.45, 7) is 0.950. The number of para-hydroxylation sites is 1. The van der Waals surface area contributed by atoms with Crippen LogP contribution in [0.3, 0.4) is 0 Å². The summed E-state index contributed by atoms with van der Waals surface area (Å²) in [4.78, 5) is 4.33. The number of methoxy groups -OCH3 is 1. The summed E-state index contributed by atoms with van der Waals surface area (Å²) < 4.78 is 23.9. The molecule has 0 aliphatic carbocycles. The van der Waals surface area contributed by atoms with E-state index in [0.29, 0.717) is 17.3 Å². The number of benzene rings is 1. The minimum Gasteiger partial charge on any atom is -0.493 e. The van der Waals surface area contributed by atoms with Gasteiger partial charge in [0.25, 0.3) is 0 Å². The smallest absolute Gasteiger partial charge is 0.244 e. The third kappa shape index (κ3) is 2.19. The molecule has 1 aromatic heterocycles. The third-order valence-corrected chi connectivity index (χ3v) is 3.21. The summed E-state index contributed by atoms with van der Waals surface area (Å²) in [5.74, 6) is 0.582. The maximum absolute atomic E-state index is 13.6. The van der Waals surface area contributed by atoms with Crippen LogP contribution in [0.4, 0.5) is 4.39 Å². The minimum absolute atomic E-state index is 0.0980. The molecule has 0 unspecified atom stereocenters. The van der Waals surface area contributed by atoms with Gasteiger partial charge in [0.05, 0.1) is 18.7 Å². The predicted octanol–water partition coefficient (Wildman–Crippen LogP) is 2.31. The second-order valence-corrected chi connectivity index (χ2v) is 4.43. The van der Waals surface area contributed by atoms with E-state index in [1.807, 2.05) is 0 Å². The molecule has 3 rings (SSSR count). The van der Waals surface area contributed by atoms with Crippen molar-refractivity contribution in [3.8, 4) is 17.1 Å². The van der Waals surface area contributed by atoms with E-state index in [1.54, 1.807) is 12.1 Å². The molecule has 1 atom stereocenters. The second-order valence-electron chi connectivity index (χ2n) is 4.43. The predicted molar refractivity (Wildman–Crippen MR) is 66.2 cm³/mol. The Kier molecular flexibility index (Phi) is 3.16. The molecule has 0 spiro atoms. The Morgan fingerprint density at radius 2 is 2.37 bits per heavy atom. The second kappa shape index (κ2) is 4.97. The lowest BCUT2D eigenvalue weighted by Crippen LogP contribution is -2.12. The van der Waals surface area contributed by atoms with Gasteiger partial charge in [-0.15, -0.1) is 0 Å². The molecular formula is C13H14FN3O2. The van der Waals surface area contributed by atoms with Crippen LogP contribution in [0, 0.1) is 5.82 Å². The molecular weight excluding hydrogens is 249 g/mol. The average molecular weight is 263 g/mol. The number of rotatable bonds is 3. The fraction of sp³-hybridized carbons (Fsp3) is 0.385. The topological polar surface area (TPSA) is 60.2 Å². The van der Waals surface area contributed by atoms with Gasteiger partial charge in [0.1, 0.15) is 0 Å². The van der Waals surface area contributed by atoms with Crippen LogP contribution in [0.2, 0.25) is 0 Å². The number of ether oxygens (including phenoxy) is 1. The highest BCUT2D eigenvalue weighted by atomic mass is 19.1. The summed E-state index contributed by atoms with van der Waals surface area (Å²) in [5.41, 5.74) is 0.496. The van der Waals surface area contributed by atoms with Crippen LogP contribution < -0.4 is 10.1 Å². The molecule has 5 nitrogen and oxygen atoms in total. The van der Waals surface area contributed by atoms with E-state index < -0.39 is 5.82 Å². The Morgan fingerprint density at radius 1 is 1.47 bits per heavy atom. The van der Waals surface area contributed by atoms with E-state index in [9.17, 15) is 4.39 Å². The van der Waals surface area contributed by atoms with Crippen LogP contribution in [-0.2, 0) is 0 Å². The summed E-state index contributed by atoms with van der Waals surface area (Å²) in [7, 11) is 1.42. The highest BCUT2D eigenvalue weighted by Gasteiger charge is 2.24. The molecule has 1 N–H and O–H groups in total. The zero-order valence-electron chi connectivity index (χ0n) is 10.5. The van der Waals surface area contributed by atoms with E-state index in [4.69, 9.17) is 9.26 Å². The van der Waals surface area contributed by atoms with Crippen molar-refractivity contribution in [2.24, 2.45) is 0 Å². The van der Waals surface area contributed by atoms with Gasteiger partial charge in [-0.1, -0.05) is 11.2 Å². The van der Waals surface area contributed by atoms with Crippen molar-refractivity contribution < 1.29 is 13.7 Å². The molecule has 2 heterocycles. The van der Waals surface area contributed by atoms with E-state index in [0.717, 1.165) is 19.4 Å². The molecule has 0 saturated carbocycles. The van der Waals surface area contributed by atoms with E-state index in [2.05, 4.69) is 15.5 Å².